The van der Waals surface area contributed by atoms with Crippen LogP contribution in [0.3, 0.4) is 0 Å². The maximum absolute atomic E-state index is 12.3. The molecule has 24 heavy (non-hydrogen) atoms. The molecule has 0 aliphatic heterocycles. The van der Waals surface area contributed by atoms with E-state index in [0.29, 0.717) is 18.5 Å². The average molecular weight is 325 g/mol. The highest BCUT2D eigenvalue weighted by Crippen LogP contribution is 2.14. The van der Waals surface area contributed by atoms with E-state index in [2.05, 4.69) is 25.6 Å². The normalized spacial score (nSPS) is 10.8. The van der Waals surface area contributed by atoms with Gasteiger partial charge in [0.1, 0.15) is 24.8 Å². The number of hydrogen-bond acceptors (Lipinski definition) is 5. The predicted molar refractivity (Wildman–Crippen MR) is 87.8 cm³/mol. The van der Waals surface area contributed by atoms with E-state index in [1.807, 2.05) is 30.5 Å². The van der Waals surface area contributed by atoms with Crippen molar-refractivity contribution >= 4 is 5.91 Å². The molecule has 0 aliphatic rings. The molecular formula is C16H19N7O. The zero-order valence-corrected chi connectivity index (χ0v) is 13.7. The molecule has 3 aromatic rings. The highest BCUT2D eigenvalue weighted by molar-refractivity contribution is 5.94. The van der Waals surface area contributed by atoms with Crippen molar-refractivity contribution in [3.63, 3.8) is 0 Å². The van der Waals surface area contributed by atoms with Gasteiger partial charge >= 0.3 is 0 Å². The average Bonchev–Trinajstić information content (AvgIpc) is 3.26. The van der Waals surface area contributed by atoms with Crippen LogP contribution in [0.25, 0.3) is 5.69 Å². The predicted octanol–water partition coefficient (Wildman–Crippen LogP) is 1.16. The largest absolute Gasteiger partial charge is 0.352 e. The van der Waals surface area contributed by atoms with Gasteiger partial charge in [0, 0.05) is 25.1 Å². The first kappa shape index (κ1) is 15.9. The Hall–Kier alpha value is -3.03. The third-order valence-electron chi connectivity index (χ3n) is 3.80. The highest BCUT2D eigenvalue weighted by Gasteiger charge is 2.10. The van der Waals surface area contributed by atoms with Crippen LogP contribution in [0.2, 0.25) is 0 Å². The molecule has 2 heterocycles. The van der Waals surface area contributed by atoms with E-state index in [0.717, 1.165) is 23.6 Å². The minimum atomic E-state index is -0.106. The van der Waals surface area contributed by atoms with Crippen LogP contribution in [0.5, 0.6) is 0 Å². The van der Waals surface area contributed by atoms with Crippen LogP contribution in [0.1, 0.15) is 28.7 Å². The summed E-state index contributed by atoms with van der Waals surface area (Å²) in [6, 6.07) is 5.50. The standard InChI is InChI=1S/C16H19N7O/c1-3-22-11-19-21-15(22)6-7-18-16(24)13-4-5-14(12(2)8-13)23-10-17-9-20-23/h4-5,8-11H,3,6-7H2,1-2H3,(H,18,24). The minimum Gasteiger partial charge on any atom is -0.352 e. The fourth-order valence-electron chi connectivity index (χ4n) is 2.51. The quantitative estimate of drug-likeness (QED) is 0.734. The topological polar surface area (TPSA) is 90.5 Å². The molecule has 0 spiro atoms. The Bertz CT molecular complexity index is 823. The van der Waals surface area contributed by atoms with Crippen molar-refractivity contribution in [3.8, 4) is 5.69 Å². The Kier molecular flexibility index (Phi) is 4.64. The van der Waals surface area contributed by atoms with E-state index in [1.165, 1.54) is 6.33 Å². The zero-order valence-electron chi connectivity index (χ0n) is 13.7. The first-order valence-electron chi connectivity index (χ1n) is 7.79. The first-order valence-corrected chi connectivity index (χ1v) is 7.79. The van der Waals surface area contributed by atoms with Crippen LogP contribution in [0.4, 0.5) is 0 Å². The minimum absolute atomic E-state index is 0.106. The number of aryl methyl sites for hydroxylation is 2. The smallest absolute Gasteiger partial charge is 0.251 e. The molecule has 0 fully saturated rings. The second kappa shape index (κ2) is 7.03. The SMILES string of the molecule is CCn1cnnc1CCNC(=O)c1ccc(-n2cncn2)c(C)c1. The van der Waals surface area contributed by atoms with Crippen LogP contribution in [-0.4, -0.2) is 42.0 Å². The lowest BCUT2D eigenvalue weighted by molar-refractivity contribution is 0.0954. The molecule has 0 atom stereocenters. The molecule has 1 amide bonds. The third-order valence-corrected chi connectivity index (χ3v) is 3.80. The lowest BCUT2D eigenvalue weighted by Gasteiger charge is -2.09. The summed E-state index contributed by atoms with van der Waals surface area (Å²) < 4.78 is 3.64. The van der Waals surface area contributed by atoms with E-state index in [9.17, 15) is 4.79 Å². The van der Waals surface area contributed by atoms with Crippen LogP contribution in [0, 0.1) is 6.92 Å². The second-order valence-corrected chi connectivity index (χ2v) is 5.38. The molecule has 1 N–H and O–H groups in total. The van der Waals surface area contributed by atoms with E-state index in [-0.39, 0.29) is 5.91 Å². The molecular weight excluding hydrogens is 306 g/mol. The summed E-state index contributed by atoms with van der Waals surface area (Å²) in [6.45, 7) is 5.31. The van der Waals surface area contributed by atoms with Crippen molar-refractivity contribution in [2.24, 2.45) is 0 Å². The van der Waals surface area contributed by atoms with Gasteiger partial charge in [0.15, 0.2) is 0 Å². The first-order chi connectivity index (χ1) is 11.7. The molecule has 0 unspecified atom stereocenters. The molecule has 3 rings (SSSR count). The van der Waals surface area contributed by atoms with Gasteiger partial charge in [-0.1, -0.05) is 0 Å². The van der Waals surface area contributed by atoms with Gasteiger partial charge < -0.3 is 9.88 Å². The van der Waals surface area contributed by atoms with Crippen molar-refractivity contribution in [3.05, 3.63) is 54.1 Å². The maximum atomic E-state index is 12.3. The van der Waals surface area contributed by atoms with Gasteiger partial charge in [-0.3, -0.25) is 4.79 Å². The van der Waals surface area contributed by atoms with E-state index in [4.69, 9.17) is 0 Å². The van der Waals surface area contributed by atoms with E-state index < -0.39 is 0 Å². The van der Waals surface area contributed by atoms with Crippen LogP contribution in [-0.2, 0) is 13.0 Å². The Morgan fingerprint density at radius 1 is 1.29 bits per heavy atom. The molecule has 124 valence electrons. The monoisotopic (exact) mass is 325 g/mol. The Labute approximate surface area is 139 Å². The summed E-state index contributed by atoms with van der Waals surface area (Å²) in [4.78, 5) is 16.2. The number of rotatable bonds is 6. The lowest BCUT2D eigenvalue weighted by atomic mass is 10.1. The van der Waals surface area contributed by atoms with Gasteiger partial charge in [0.25, 0.3) is 5.91 Å². The van der Waals surface area contributed by atoms with Crippen molar-refractivity contribution in [1.82, 2.24) is 34.8 Å². The van der Waals surface area contributed by atoms with Gasteiger partial charge in [-0.2, -0.15) is 5.10 Å². The van der Waals surface area contributed by atoms with Gasteiger partial charge in [-0.25, -0.2) is 9.67 Å². The molecule has 0 saturated heterocycles. The van der Waals surface area contributed by atoms with Crippen LogP contribution in [0.15, 0.2) is 37.2 Å². The Balaban J connectivity index is 1.62. The number of benzene rings is 1. The van der Waals surface area contributed by atoms with Crippen molar-refractivity contribution in [1.29, 1.82) is 0 Å². The number of hydrogen-bond donors (Lipinski definition) is 1. The second-order valence-electron chi connectivity index (χ2n) is 5.38. The molecule has 2 aromatic heterocycles. The summed E-state index contributed by atoms with van der Waals surface area (Å²) in [5.41, 5.74) is 2.48. The zero-order chi connectivity index (χ0) is 16.9. The molecule has 1 aromatic carbocycles. The van der Waals surface area contributed by atoms with E-state index in [1.54, 1.807) is 23.4 Å². The number of amides is 1. The molecule has 8 nitrogen and oxygen atoms in total. The summed E-state index contributed by atoms with van der Waals surface area (Å²) in [5.74, 6) is 0.765. The molecule has 8 heteroatoms. The number of carbonyl (C=O) groups is 1. The van der Waals surface area contributed by atoms with E-state index >= 15 is 0 Å². The number of carbonyl (C=O) groups excluding carboxylic acids is 1. The molecule has 0 bridgehead atoms. The Morgan fingerprint density at radius 3 is 2.88 bits per heavy atom. The van der Waals surface area contributed by atoms with Crippen molar-refractivity contribution in [2.45, 2.75) is 26.8 Å². The summed E-state index contributed by atoms with van der Waals surface area (Å²) in [5, 5.41) is 15.0. The van der Waals surface area contributed by atoms with Crippen LogP contribution >= 0.6 is 0 Å². The molecule has 0 aliphatic carbocycles. The van der Waals surface area contributed by atoms with Crippen LogP contribution < -0.4 is 5.32 Å². The maximum Gasteiger partial charge on any atom is 0.251 e. The van der Waals surface area contributed by atoms with Gasteiger partial charge in [0.05, 0.1) is 5.69 Å². The number of nitrogens with one attached hydrogen (secondary N) is 1. The fraction of sp³-hybridized carbons (Fsp3) is 0.312. The van der Waals surface area contributed by atoms with Gasteiger partial charge in [0.2, 0.25) is 0 Å². The number of nitrogens with zero attached hydrogens (tertiary/aromatic N) is 6. The lowest BCUT2D eigenvalue weighted by Crippen LogP contribution is -2.26. The van der Waals surface area contributed by atoms with Gasteiger partial charge in [-0.15, -0.1) is 10.2 Å². The van der Waals surface area contributed by atoms with Crippen molar-refractivity contribution < 1.29 is 4.79 Å². The van der Waals surface area contributed by atoms with Gasteiger partial charge in [-0.05, 0) is 37.6 Å². The highest BCUT2D eigenvalue weighted by atomic mass is 16.1. The Morgan fingerprint density at radius 2 is 2.17 bits per heavy atom. The fourth-order valence-corrected chi connectivity index (χ4v) is 2.51. The molecule has 0 radical (unpaired) electrons. The summed E-state index contributed by atoms with van der Waals surface area (Å²) >= 11 is 0. The summed E-state index contributed by atoms with van der Waals surface area (Å²) in [6.07, 6.45) is 5.46. The van der Waals surface area contributed by atoms with Crippen molar-refractivity contribution in [2.75, 3.05) is 6.54 Å². The molecule has 0 saturated carbocycles. The third kappa shape index (κ3) is 3.32. The summed E-state index contributed by atoms with van der Waals surface area (Å²) in [7, 11) is 0. The number of aromatic nitrogens is 6.